The van der Waals surface area contributed by atoms with Crippen LogP contribution < -0.4 is 11.1 Å². The summed E-state index contributed by atoms with van der Waals surface area (Å²) < 4.78 is 7.79. The van der Waals surface area contributed by atoms with Crippen LogP contribution in [0.1, 0.15) is 11.1 Å². The quantitative estimate of drug-likeness (QED) is 0.342. The Balaban J connectivity index is 1.68. The maximum absolute atomic E-state index is 9.99. The molecule has 2 heterocycles. The van der Waals surface area contributed by atoms with Gasteiger partial charge in [0.1, 0.15) is 18.6 Å². The van der Waals surface area contributed by atoms with Crippen LogP contribution in [0.3, 0.4) is 0 Å². The summed E-state index contributed by atoms with van der Waals surface area (Å²) in [5.41, 5.74) is 9.72. The fraction of sp³-hybridized carbons (Fsp3) is 0.429. The first kappa shape index (κ1) is 22.5. The van der Waals surface area contributed by atoms with E-state index < -0.39 is 6.10 Å². The van der Waals surface area contributed by atoms with E-state index in [1.807, 2.05) is 47.4 Å². The fourth-order valence-electron chi connectivity index (χ4n) is 3.35. The maximum Gasteiger partial charge on any atom is 0.151 e. The maximum atomic E-state index is 9.99. The van der Waals surface area contributed by atoms with Crippen molar-refractivity contribution in [2.45, 2.75) is 26.0 Å². The Morgan fingerprint density at radius 2 is 2.07 bits per heavy atom. The largest absolute Gasteiger partial charge is 0.394 e. The molecule has 0 aliphatic heterocycles. The van der Waals surface area contributed by atoms with Crippen LogP contribution in [0, 0.1) is 5.92 Å². The number of benzene rings is 1. The molecule has 0 spiro atoms. The molecule has 0 saturated heterocycles. The second-order valence-corrected chi connectivity index (χ2v) is 8.05. The van der Waals surface area contributed by atoms with Gasteiger partial charge >= 0.3 is 0 Å². The summed E-state index contributed by atoms with van der Waals surface area (Å²) in [5, 5.41) is 22.6. The lowest BCUT2D eigenvalue weighted by atomic mass is 10.1. The van der Waals surface area contributed by atoms with Crippen molar-refractivity contribution in [2.75, 3.05) is 30.9 Å². The van der Waals surface area contributed by atoms with Crippen molar-refractivity contribution in [1.29, 1.82) is 0 Å². The highest BCUT2D eigenvalue weighted by molar-refractivity contribution is 7.98. The average molecular weight is 432 g/mol. The first-order chi connectivity index (χ1) is 14.6. The predicted molar refractivity (Wildman–Crippen MR) is 120 cm³/mol. The third-order valence-electron chi connectivity index (χ3n) is 4.93. The van der Waals surface area contributed by atoms with Crippen molar-refractivity contribution in [3.05, 3.63) is 54.0 Å². The van der Waals surface area contributed by atoms with Gasteiger partial charge in [0, 0.05) is 30.8 Å². The number of fused-ring (bicyclic) bond motifs is 1. The van der Waals surface area contributed by atoms with Gasteiger partial charge < -0.3 is 30.6 Å². The molecule has 8 nitrogen and oxygen atoms in total. The molecule has 0 fully saturated rings. The number of anilines is 1. The van der Waals surface area contributed by atoms with E-state index in [1.165, 1.54) is 6.33 Å². The van der Waals surface area contributed by atoms with Gasteiger partial charge in [0.05, 0.1) is 24.8 Å². The summed E-state index contributed by atoms with van der Waals surface area (Å²) in [6.45, 7) is 1.73. The van der Waals surface area contributed by atoms with Gasteiger partial charge in [-0.2, -0.15) is 11.8 Å². The molecule has 0 saturated carbocycles. The Labute approximate surface area is 180 Å². The molecule has 0 aliphatic rings. The zero-order chi connectivity index (χ0) is 21.3. The number of ether oxygens (including phenoxy) is 1. The Morgan fingerprint density at radius 1 is 1.27 bits per heavy atom. The van der Waals surface area contributed by atoms with E-state index in [4.69, 9.17) is 10.5 Å². The van der Waals surface area contributed by atoms with E-state index in [2.05, 4.69) is 15.3 Å². The number of rotatable bonds is 12. The molecule has 3 aromatic rings. The normalized spacial score (nSPS) is 13.6. The van der Waals surface area contributed by atoms with Crippen molar-refractivity contribution in [3.63, 3.8) is 0 Å². The van der Waals surface area contributed by atoms with Crippen LogP contribution in [-0.2, 0) is 24.6 Å². The predicted octanol–water partition coefficient (Wildman–Crippen LogP) is 1.61. The first-order valence-electron chi connectivity index (χ1n) is 9.82. The summed E-state index contributed by atoms with van der Waals surface area (Å²) in [6, 6.07) is 9.98. The van der Waals surface area contributed by atoms with E-state index in [0.29, 0.717) is 32.2 Å². The number of thioether (sulfide) groups is 1. The number of nitrogen functional groups attached to an aromatic ring is 1. The molecule has 2 atom stereocenters. The van der Waals surface area contributed by atoms with Gasteiger partial charge in [0.25, 0.3) is 0 Å². The number of aromatic nitrogens is 3. The zero-order valence-corrected chi connectivity index (χ0v) is 17.9. The van der Waals surface area contributed by atoms with E-state index in [9.17, 15) is 10.2 Å². The monoisotopic (exact) mass is 431 g/mol. The van der Waals surface area contributed by atoms with Gasteiger partial charge in [-0.05, 0) is 17.6 Å². The smallest absolute Gasteiger partial charge is 0.151 e. The number of hydrogen-bond acceptors (Lipinski definition) is 8. The van der Waals surface area contributed by atoms with Crippen molar-refractivity contribution in [3.8, 4) is 0 Å². The molecule has 1 aromatic carbocycles. The Hall–Kier alpha value is -2.17. The van der Waals surface area contributed by atoms with Gasteiger partial charge in [0.15, 0.2) is 5.82 Å². The number of hydrogen-bond donors (Lipinski definition) is 4. The SMILES string of the molecule is CSCC(CNCc1cn(COCc2ccccc2)c2c(N)ncnc12)[C@@H](O)CO. The van der Waals surface area contributed by atoms with Gasteiger partial charge in [-0.3, -0.25) is 0 Å². The molecule has 0 amide bonds. The summed E-state index contributed by atoms with van der Waals surface area (Å²) in [7, 11) is 0. The molecule has 2 aromatic heterocycles. The van der Waals surface area contributed by atoms with E-state index in [1.54, 1.807) is 11.8 Å². The van der Waals surface area contributed by atoms with Crippen LogP contribution in [0.5, 0.6) is 0 Å². The third kappa shape index (κ3) is 5.71. The lowest BCUT2D eigenvalue weighted by molar-refractivity contribution is 0.0549. The molecular weight excluding hydrogens is 402 g/mol. The molecule has 5 N–H and O–H groups in total. The van der Waals surface area contributed by atoms with Crippen molar-refractivity contribution in [2.24, 2.45) is 5.92 Å². The fourth-order valence-corrected chi connectivity index (χ4v) is 4.12. The molecule has 162 valence electrons. The highest BCUT2D eigenvalue weighted by Gasteiger charge is 2.18. The minimum absolute atomic E-state index is 0.0350. The topological polar surface area (TPSA) is 118 Å². The second-order valence-electron chi connectivity index (χ2n) is 7.14. The highest BCUT2D eigenvalue weighted by atomic mass is 32.2. The standard InChI is InChI=1S/C21H29N5O3S/c1-30-12-17(18(28)10-27)8-23-7-16-9-26(20-19(16)24-13-25-21(20)22)14-29-11-15-5-3-2-4-6-15/h2-6,9,13,17-18,23,27-28H,7-8,10-12,14H2,1H3,(H2,22,24,25)/t17?,18-/m0/s1. The second kappa shape index (κ2) is 11.3. The molecule has 0 aliphatic carbocycles. The van der Waals surface area contributed by atoms with Crippen molar-refractivity contribution in [1.82, 2.24) is 19.9 Å². The summed E-state index contributed by atoms with van der Waals surface area (Å²) in [5.74, 6) is 1.14. The van der Waals surface area contributed by atoms with Gasteiger partial charge in [-0.1, -0.05) is 30.3 Å². The molecule has 9 heteroatoms. The minimum Gasteiger partial charge on any atom is -0.394 e. The van der Waals surface area contributed by atoms with E-state index in [-0.39, 0.29) is 12.5 Å². The zero-order valence-electron chi connectivity index (χ0n) is 17.1. The van der Waals surface area contributed by atoms with Crippen LogP contribution in [0.25, 0.3) is 11.0 Å². The average Bonchev–Trinajstić information content (AvgIpc) is 3.12. The minimum atomic E-state index is -0.740. The number of nitrogens with zero attached hydrogens (tertiary/aromatic N) is 3. The first-order valence-corrected chi connectivity index (χ1v) is 11.2. The van der Waals surface area contributed by atoms with Crippen LogP contribution in [0.4, 0.5) is 5.82 Å². The number of nitrogens with one attached hydrogen (secondary N) is 1. The van der Waals surface area contributed by atoms with Gasteiger partial charge in [-0.15, -0.1) is 0 Å². The molecule has 0 radical (unpaired) electrons. The molecular formula is C21H29N5O3S. The van der Waals surface area contributed by atoms with Crippen LogP contribution in [-0.4, -0.2) is 56.0 Å². The van der Waals surface area contributed by atoms with E-state index in [0.717, 1.165) is 27.9 Å². The summed E-state index contributed by atoms with van der Waals surface area (Å²) in [6.07, 6.45) is 4.68. The molecule has 30 heavy (non-hydrogen) atoms. The molecule has 1 unspecified atom stereocenters. The van der Waals surface area contributed by atoms with Gasteiger partial charge in [0.2, 0.25) is 0 Å². The number of aliphatic hydroxyl groups is 2. The van der Waals surface area contributed by atoms with Crippen molar-refractivity contribution < 1.29 is 14.9 Å². The highest BCUT2D eigenvalue weighted by Crippen LogP contribution is 2.23. The lowest BCUT2D eigenvalue weighted by Crippen LogP contribution is -2.35. The van der Waals surface area contributed by atoms with Crippen LogP contribution in [0.2, 0.25) is 0 Å². The van der Waals surface area contributed by atoms with E-state index >= 15 is 0 Å². The van der Waals surface area contributed by atoms with Crippen LogP contribution in [0.15, 0.2) is 42.9 Å². The lowest BCUT2D eigenvalue weighted by Gasteiger charge is -2.20. The Morgan fingerprint density at radius 3 is 2.80 bits per heavy atom. The number of aliphatic hydroxyl groups excluding tert-OH is 2. The molecule has 0 bridgehead atoms. The third-order valence-corrected chi connectivity index (χ3v) is 5.69. The van der Waals surface area contributed by atoms with Crippen LogP contribution >= 0.6 is 11.8 Å². The Bertz CT molecular complexity index is 922. The number of nitrogens with two attached hydrogens (primary N) is 1. The van der Waals surface area contributed by atoms with Crippen molar-refractivity contribution >= 4 is 28.6 Å². The Kier molecular flexibility index (Phi) is 8.47. The summed E-state index contributed by atoms with van der Waals surface area (Å²) >= 11 is 1.65. The summed E-state index contributed by atoms with van der Waals surface area (Å²) in [4.78, 5) is 8.53. The molecule has 3 rings (SSSR count). The van der Waals surface area contributed by atoms with Gasteiger partial charge in [-0.25, -0.2) is 9.97 Å².